The fourth-order valence-electron chi connectivity index (χ4n) is 1.85. The van der Waals surface area contributed by atoms with Gasteiger partial charge in [0.25, 0.3) is 15.9 Å². The number of carbonyl (C=O) groups is 1. The van der Waals surface area contributed by atoms with Crippen molar-refractivity contribution in [3.05, 3.63) is 58.9 Å². The van der Waals surface area contributed by atoms with Crippen molar-refractivity contribution < 1.29 is 35.2 Å². The van der Waals surface area contributed by atoms with Gasteiger partial charge in [-0.25, -0.2) is 22.0 Å². The highest BCUT2D eigenvalue weighted by Gasteiger charge is 2.24. The summed E-state index contributed by atoms with van der Waals surface area (Å²) in [5.41, 5.74) is 3.56. The number of nitrogens with zero attached hydrogens (tertiary/aromatic N) is 1. The van der Waals surface area contributed by atoms with E-state index >= 15 is 0 Å². The molecule has 0 spiro atoms. The minimum Gasteiger partial charge on any atom is -0.389 e. The van der Waals surface area contributed by atoms with Gasteiger partial charge in [-0.15, -0.1) is 0 Å². The topological polar surface area (TPSA) is 102 Å². The molecule has 26 heavy (non-hydrogen) atoms. The van der Waals surface area contributed by atoms with Crippen LogP contribution in [0.4, 0.5) is 27.6 Å². The fourth-order valence-corrected chi connectivity index (χ4v) is 2.72. The molecule has 0 bridgehead atoms. The molecule has 0 saturated carbocycles. The predicted molar refractivity (Wildman–Crippen MR) is 80.5 cm³/mol. The van der Waals surface area contributed by atoms with Gasteiger partial charge in [-0.2, -0.15) is 12.8 Å². The van der Waals surface area contributed by atoms with Crippen LogP contribution in [0.2, 0.25) is 0 Å². The number of hydrogen-bond donors (Lipinski definition) is 2. The highest BCUT2D eigenvalue weighted by molar-refractivity contribution is 7.90. The summed E-state index contributed by atoms with van der Waals surface area (Å²) in [6.07, 6.45) is 0.323. The molecular formula is C14H8F5N3O3S. The van der Waals surface area contributed by atoms with Gasteiger partial charge in [-0.1, -0.05) is 0 Å². The lowest BCUT2D eigenvalue weighted by Gasteiger charge is -2.09. The van der Waals surface area contributed by atoms with Crippen LogP contribution in [-0.4, -0.2) is 20.7 Å². The maximum atomic E-state index is 13.7. The number of sulfonamides is 1. The summed E-state index contributed by atoms with van der Waals surface area (Å²) in [4.78, 5) is 10.7. The number of hydrogen-bond acceptors (Lipinski definition) is 3. The van der Waals surface area contributed by atoms with Crippen LogP contribution in [0.1, 0.15) is 10.4 Å². The molecule has 0 aliphatic rings. The van der Waals surface area contributed by atoms with Gasteiger partial charge in [0.2, 0.25) is 0 Å². The summed E-state index contributed by atoms with van der Waals surface area (Å²) >= 11 is 0. The number of nitrogens with two attached hydrogens (primary N) is 1. The van der Waals surface area contributed by atoms with Gasteiger partial charge in [-0.3, -0.25) is 4.79 Å². The van der Waals surface area contributed by atoms with E-state index in [1.165, 1.54) is 0 Å². The summed E-state index contributed by atoms with van der Waals surface area (Å²) < 4.78 is 92.7. The minimum atomic E-state index is -4.73. The van der Waals surface area contributed by atoms with Gasteiger partial charge < -0.3 is 11.1 Å². The monoisotopic (exact) mass is 393 g/mol. The van der Waals surface area contributed by atoms with Gasteiger partial charge in [0.05, 0.1) is 6.34 Å². The Labute approximate surface area is 143 Å². The van der Waals surface area contributed by atoms with E-state index in [0.29, 0.717) is 30.6 Å². The molecule has 0 aromatic heterocycles. The molecular weight excluding hydrogens is 385 g/mol. The second kappa shape index (κ2) is 7.07. The Morgan fingerprint density at radius 3 is 2.04 bits per heavy atom. The SMILES string of the molecule is N/C=N/S(=O)(=O)c1cc(C(=O)Nc2cc(F)c(F)c(F)c2)cc(F)c1F. The molecule has 6 nitrogen and oxygen atoms in total. The molecule has 0 aliphatic carbocycles. The molecule has 0 atom stereocenters. The van der Waals surface area contributed by atoms with E-state index in [2.05, 4.69) is 4.40 Å². The normalized spacial score (nSPS) is 11.7. The summed E-state index contributed by atoms with van der Waals surface area (Å²) in [5.74, 6) is -9.73. The quantitative estimate of drug-likeness (QED) is 0.360. The minimum absolute atomic E-state index is 0.323. The van der Waals surface area contributed by atoms with Crippen LogP contribution in [0, 0.1) is 29.1 Å². The van der Waals surface area contributed by atoms with E-state index in [1.54, 1.807) is 0 Å². The van der Waals surface area contributed by atoms with E-state index in [4.69, 9.17) is 5.73 Å². The summed E-state index contributed by atoms with van der Waals surface area (Å²) in [5, 5.41) is 1.89. The Kier molecular flexibility index (Phi) is 5.25. The maximum absolute atomic E-state index is 13.7. The first kappa shape index (κ1) is 19.3. The number of rotatable bonds is 4. The number of nitrogens with one attached hydrogen (secondary N) is 1. The van der Waals surface area contributed by atoms with Crippen molar-refractivity contribution in [1.29, 1.82) is 0 Å². The van der Waals surface area contributed by atoms with Crippen molar-refractivity contribution in [3.8, 4) is 0 Å². The molecule has 138 valence electrons. The number of anilines is 1. The lowest BCUT2D eigenvalue weighted by Crippen LogP contribution is -2.15. The van der Waals surface area contributed by atoms with Gasteiger partial charge in [0.15, 0.2) is 29.1 Å². The standard InChI is InChI=1S/C14H8F5N3O3S/c15-8-1-6(2-11(13(8)19)26(24,25)21-5-20)14(23)22-7-3-9(16)12(18)10(17)4-7/h1-5H,(H2,20,21)(H,22,23). The van der Waals surface area contributed by atoms with Crippen LogP contribution in [-0.2, 0) is 10.0 Å². The number of carbonyl (C=O) groups excluding carboxylic acids is 1. The molecule has 0 heterocycles. The van der Waals surface area contributed by atoms with Gasteiger partial charge in [0, 0.05) is 23.4 Å². The Bertz CT molecular complexity index is 1000. The smallest absolute Gasteiger partial charge is 0.286 e. The summed E-state index contributed by atoms with van der Waals surface area (Å²) in [7, 11) is -4.73. The number of benzene rings is 2. The average Bonchev–Trinajstić information content (AvgIpc) is 2.54. The predicted octanol–water partition coefficient (Wildman–Crippen LogP) is 2.31. The molecule has 12 heteroatoms. The van der Waals surface area contributed by atoms with Crippen molar-refractivity contribution in [3.63, 3.8) is 0 Å². The first-order valence-corrected chi connectivity index (χ1v) is 7.96. The van der Waals surface area contributed by atoms with E-state index in [-0.39, 0.29) is 0 Å². The fraction of sp³-hybridized carbons (Fsp3) is 0. The van der Waals surface area contributed by atoms with Crippen molar-refractivity contribution in [1.82, 2.24) is 0 Å². The highest BCUT2D eigenvalue weighted by Crippen LogP contribution is 2.23. The van der Waals surface area contributed by atoms with E-state index in [0.717, 1.165) is 0 Å². The molecule has 2 rings (SSSR count). The highest BCUT2D eigenvalue weighted by atomic mass is 32.2. The van der Waals surface area contributed by atoms with Crippen LogP contribution in [0.25, 0.3) is 0 Å². The van der Waals surface area contributed by atoms with Crippen LogP contribution >= 0.6 is 0 Å². The molecule has 0 fully saturated rings. The van der Waals surface area contributed by atoms with Crippen LogP contribution in [0.3, 0.4) is 0 Å². The molecule has 1 amide bonds. The van der Waals surface area contributed by atoms with Crippen LogP contribution < -0.4 is 11.1 Å². The first-order valence-electron chi connectivity index (χ1n) is 6.52. The summed E-state index contributed by atoms with van der Waals surface area (Å²) in [6.45, 7) is 0. The number of amides is 1. The zero-order valence-electron chi connectivity index (χ0n) is 12.4. The van der Waals surface area contributed by atoms with E-state index in [1.807, 2.05) is 5.32 Å². The Balaban J connectivity index is 2.46. The molecule has 0 saturated heterocycles. The molecule has 3 N–H and O–H groups in total. The van der Waals surface area contributed by atoms with E-state index < -0.39 is 61.2 Å². The van der Waals surface area contributed by atoms with Crippen LogP contribution in [0.5, 0.6) is 0 Å². The van der Waals surface area contributed by atoms with Crippen LogP contribution in [0.15, 0.2) is 33.6 Å². The van der Waals surface area contributed by atoms with Crippen molar-refractivity contribution in [2.75, 3.05) is 5.32 Å². The largest absolute Gasteiger partial charge is 0.389 e. The zero-order valence-corrected chi connectivity index (χ0v) is 13.3. The van der Waals surface area contributed by atoms with Crippen molar-refractivity contribution in [2.45, 2.75) is 4.90 Å². The van der Waals surface area contributed by atoms with Gasteiger partial charge in [0.1, 0.15) is 4.90 Å². The zero-order chi connectivity index (χ0) is 19.6. The van der Waals surface area contributed by atoms with Gasteiger partial charge in [-0.05, 0) is 12.1 Å². The maximum Gasteiger partial charge on any atom is 0.286 e. The lowest BCUT2D eigenvalue weighted by molar-refractivity contribution is 0.102. The summed E-state index contributed by atoms with van der Waals surface area (Å²) in [6, 6.07) is 1.68. The number of halogens is 5. The first-order chi connectivity index (χ1) is 12.1. The average molecular weight is 393 g/mol. The molecule has 2 aromatic rings. The van der Waals surface area contributed by atoms with Gasteiger partial charge >= 0.3 is 0 Å². The van der Waals surface area contributed by atoms with Crippen molar-refractivity contribution in [2.24, 2.45) is 10.1 Å². The second-order valence-corrected chi connectivity index (χ2v) is 6.31. The molecule has 0 unspecified atom stereocenters. The Hall–Kier alpha value is -3.02. The Morgan fingerprint density at radius 1 is 0.962 bits per heavy atom. The van der Waals surface area contributed by atoms with Crippen molar-refractivity contribution >= 4 is 28.0 Å². The third-order valence-electron chi connectivity index (χ3n) is 2.98. The third kappa shape index (κ3) is 3.79. The second-order valence-electron chi connectivity index (χ2n) is 4.71. The molecule has 0 radical (unpaired) electrons. The molecule has 0 aliphatic heterocycles. The van der Waals surface area contributed by atoms with E-state index in [9.17, 15) is 35.2 Å². The lowest BCUT2D eigenvalue weighted by atomic mass is 10.2. The Morgan fingerprint density at radius 2 is 1.50 bits per heavy atom. The third-order valence-corrected chi connectivity index (χ3v) is 4.23. The molecule has 2 aromatic carbocycles.